The molecule has 0 radical (unpaired) electrons. The van der Waals surface area contributed by atoms with Gasteiger partial charge in [0.05, 0.1) is 7.11 Å². The average molecular weight is 337 g/mol. The molecule has 0 saturated heterocycles. The highest BCUT2D eigenvalue weighted by Gasteiger charge is 2.02. The number of hydrogen-bond donors (Lipinski definition) is 2. The zero-order chi connectivity index (χ0) is 17.8. The Balaban J connectivity index is 2.16. The van der Waals surface area contributed by atoms with E-state index in [2.05, 4.69) is 20.4 Å². The Kier molecular flexibility index (Phi) is 9.49. The summed E-state index contributed by atoms with van der Waals surface area (Å²) in [4.78, 5) is 15.1. The molecule has 0 atom stereocenters. The summed E-state index contributed by atoms with van der Waals surface area (Å²) in [5.74, 6) is 0.397. The molecule has 6 heteroatoms. The van der Waals surface area contributed by atoms with Crippen LogP contribution in [0, 0.1) is 12.7 Å². The number of carbonyl (C=O) groups excluding carboxylic acids is 1. The molecule has 0 bridgehead atoms. The zero-order valence-electron chi connectivity index (χ0n) is 14.8. The van der Waals surface area contributed by atoms with Crippen molar-refractivity contribution in [2.45, 2.75) is 45.6 Å². The van der Waals surface area contributed by atoms with Crippen LogP contribution in [0.25, 0.3) is 0 Å². The summed E-state index contributed by atoms with van der Waals surface area (Å²) < 4.78 is 17.8. The van der Waals surface area contributed by atoms with Gasteiger partial charge in [0.25, 0.3) is 0 Å². The Morgan fingerprint density at radius 3 is 2.62 bits per heavy atom. The molecule has 0 fully saturated rings. The van der Waals surface area contributed by atoms with E-state index in [1.165, 1.54) is 13.2 Å². The molecule has 0 amide bonds. The number of hydrogen-bond acceptors (Lipinski definition) is 3. The van der Waals surface area contributed by atoms with Crippen molar-refractivity contribution < 1.29 is 13.9 Å². The second kappa shape index (κ2) is 11.4. The van der Waals surface area contributed by atoms with Gasteiger partial charge in [-0.1, -0.05) is 25.0 Å². The van der Waals surface area contributed by atoms with Crippen LogP contribution in [-0.4, -0.2) is 32.6 Å². The van der Waals surface area contributed by atoms with Gasteiger partial charge in [0.2, 0.25) is 0 Å². The van der Waals surface area contributed by atoms with Gasteiger partial charge < -0.3 is 15.4 Å². The summed E-state index contributed by atoms with van der Waals surface area (Å²) >= 11 is 0. The number of rotatable bonds is 9. The Morgan fingerprint density at radius 2 is 1.96 bits per heavy atom. The fourth-order valence-corrected chi connectivity index (χ4v) is 2.28. The highest BCUT2D eigenvalue weighted by molar-refractivity contribution is 5.79. The zero-order valence-corrected chi connectivity index (χ0v) is 14.8. The Morgan fingerprint density at radius 1 is 1.21 bits per heavy atom. The van der Waals surface area contributed by atoms with Gasteiger partial charge in [-0.3, -0.25) is 9.79 Å². The van der Waals surface area contributed by atoms with Gasteiger partial charge in [0, 0.05) is 26.6 Å². The minimum Gasteiger partial charge on any atom is -0.469 e. The molecule has 2 N–H and O–H groups in total. The fraction of sp³-hybridized carbons (Fsp3) is 0.556. The Bertz CT molecular complexity index is 547. The molecule has 0 aromatic heterocycles. The first kappa shape index (κ1) is 19.9. The molecule has 1 rings (SSSR count). The molecule has 24 heavy (non-hydrogen) atoms. The van der Waals surface area contributed by atoms with Crippen molar-refractivity contribution in [1.82, 2.24) is 10.6 Å². The standard InChI is InChI=1S/C18H28FN3O2/c1-14-12-15(9-10-16(14)19)13-22-18(20-2)21-11-7-5-4-6-8-17(23)24-3/h9-10,12H,4-8,11,13H2,1-3H3,(H2,20,21,22). The van der Waals surface area contributed by atoms with Gasteiger partial charge in [0.1, 0.15) is 5.82 Å². The number of halogens is 1. The third-order valence-corrected chi connectivity index (χ3v) is 3.73. The number of benzene rings is 1. The summed E-state index contributed by atoms with van der Waals surface area (Å²) in [5.41, 5.74) is 1.66. The number of ether oxygens (including phenoxy) is 1. The maximum Gasteiger partial charge on any atom is 0.305 e. The average Bonchev–Trinajstić information content (AvgIpc) is 2.59. The normalized spacial score (nSPS) is 11.2. The van der Waals surface area contributed by atoms with Gasteiger partial charge >= 0.3 is 5.97 Å². The number of nitrogens with zero attached hydrogens (tertiary/aromatic N) is 1. The molecule has 0 saturated carbocycles. The van der Waals surface area contributed by atoms with E-state index in [4.69, 9.17) is 0 Å². The van der Waals surface area contributed by atoms with Crippen molar-refractivity contribution in [2.75, 3.05) is 20.7 Å². The second-order valence-electron chi connectivity index (χ2n) is 5.68. The van der Waals surface area contributed by atoms with Crippen LogP contribution in [0.15, 0.2) is 23.2 Å². The van der Waals surface area contributed by atoms with Gasteiger partial charge in [-0.05, 0) is 37.0 Å². The van der Waals surface area contributed by atoms with Crippen LogP contribution in [0.5, 0.6) is 0 Å². The predicted molar refractivity (Wildman–Crippen MR) is 94.4 cm³/mol. The summed E-state index contributed by atoms with van der Waals surface area (Å²) in [7, 11) is 3.14. The van der Waals surface area contributed by atoms with E-state index >= 15 is 0 Å². The fourth-order valence-electron chi connectivity index (χ4n) is 2.28. The molecule has 1 aromatic rings. The van der Waals surface area contributed by atoms with Crippen molar-refractivity contribution in [3.8, 4) is 0 Å². The van der Waals surface area contributed by atoms with E-state index in [1.54, 1.807) is 20.0 Å². The van der Waals surface area contributed by atoms with Gasteiger partial charge in [-0.2, -0.15) is 0 Å². The third kappa shape index (κ3) is 7.94. The lowest BCUT2D eigenvalue weighted by atomic mass is 10.1. The van der Waals surface area contributed by atoms with Gasteiger partial charge in [-0.15, -0.1) is 0 Å². The molecule has 134 valence electrons. The lowest BCUT2D eigenvalue weighted by molar-refractivity contribution is -0.140. The molecule has 5 nitrogen and oxygen atoms in total. The van der Waals surface area contributed by atoms with E-state index in [-0.39, 0.29) is 11.8 Å². The quantitative estimate of drug-likeness (QED) is 0.315. The number of unbranched alkanes of at least 4 members (excludes halogenated alkanes) is 3. The first-order valence-electron chi connectivity index (χ1n) is 8.33. The molecule has 0 heterocycles. The van der Waals surface area contributed by atoms with Crippen LogP contribution >= 0.6 is 0 Å². The van der Waals surface area contributed by atoms with Crippen molar-refractivity contribution in [1.29, 1.82) is 0 Å². The number of esters is 1. The minimum atomic E-state index is -0.187. The van der Waals surface area contributed by atoms with E-state index in [0.29, 0.717) is 18.5 Å². The van der Waals surface area contributed by atoms with E-state index < -0.39 is 0 Å². The number of aliphatic imine (C=N–C) groups is 1. The lowest BCUT2D eigenvalue weighted by Crippen LogP contribution is -2.37. The van der Waals surface area contributed by atoms with Crippen LogP contribution in [0.4, 0.5) is 4.39 Å². The van der Waals surface area contributed by atoms with E-state index in [9.17, 15) is 9.18 Å². The Hall–Kier alpha value is -2.11. The molecular weight excluding hydrogens is 309 g/mol. The van der Waals surface area contributed by atoms with Crippen LogP contribution in [-0.2, 0) is 16.1 Å². The van der Waals surface area contributed by atoms with Crippen molar-refractivity contribution in [3.05, 3.63) is 35.1 Å². The summed E-state index contributed by atoms with van der Waals surface area (Å²) in [6, 6.07) is 5.08. The van der Waals surface area contributed by atoms with Crippen LogP contribution in [0.1, 0.15) is 43.2 Å². The summed E-state index contributed by atoms with van der Waals surface area (Å²) in [5, 5.41) is 6.46. The number of nitrogens with one attached hydrogen (secondary N) is 2. The van der Waals surface area contributed by atoms with Gasteiger partial charge in [-0.25, -0.2) is 4.39 Å². The summed E-state index contributed by atoms with van der Waals surface area (Å²) in [6.45, 7) is 3.17. The van der Waals surface area contributed by atoms with Crippen LogP contribution in [0.3, 0.4) is 0 Å². The highest BCUT2D eigenvalue weighted by Crippen LogP contribution is 2.08. The van der Waals surface area contributed by atoms with Gasteiger partial charge in [0.15, 0.2) is 5.96 Å². The molecule has 0 aliphatic heterocycles. The maximum absolute atomic E-state index is 13.2. The third-order valence-electron chi connectivity index (χ3n) is 3.73. The monoisotopic (exact) mass is 337 g/mol. The molecule has 0 aliphatic rings. The molecule has 0 aliphatic carbocycles. The minimum absolute atomic E-state index is 0.145. The molecule has 1 aromatic carbocycles. The number of methoxy groups -OCH3 is 1. The predicted octanol–water partition coefficient (Wildman–Crippen LogP) is 2.92. The lowest BCUT2D eigenvalue weighted by Gasteiger charge is -2.12. The topological polar surface area (TPSA) is 62.7 Å². The van der Waals surface area contributed by atoms with Crippen molar-refractivity contribution in [3.63, 3.8) is 0 Å². The second-order valence-corrected chi connectivity index (χ2v) is 5.68. The number of guanidine groups is 1. The van der Waals surface area contributed by atoms with Crippen LogP contribution < -0.4 is 10.6 Å². The van der Waals surface area contributed by atoms with Crippen molar-refractivity contribution in [2.24, 2.45) is 4.99 Å². The summed E-state index contributed by atoms with van der Waals surface area (Å²) in [6.07, 6.45) is 4.43. The first-order chi connectivity index (χ1) is 11.6. The Labute approximate surface area is 143 Å². The molecule has 0 spiro atoms. The smallest absolute Gasteiger partial charge is 0.305 e. The maximum atomic E-state index is 13.2. The van der Waals surface area contributed by atoms with Crippen LogP contribution in [0.2, 0.25) is 0 Å². The first-order valence-corrected chi connectivity index (χ1v) is 8.33. The molecular formula is C18H28FN3O2. The number of aryl methyl sites for hydroxylation is 1. The van der Waals surface area contributed by atoms with E-state index in [0.717, 1.165) is 43.8 Å². The van der Waals surface area contributed by atoms with E-state index in [1.807, 2.05) is 6.07 Å². The number of carbonyl (C=O) groups is 1. The highest BCUT2D eigenvalue weighted by atomic mass is 19.1. The molecule has 0 unspecified atom stereocenters. The largest absolute Gasteiger partial charge is 0.469 e. The SMILES string of the molecule is CN=C(NCCCCCCC(=O)OC)NCc1ccc(F)c(C)c1. The van der Waals surface area contributed by atoms with Crippen molar-refractivity contribution >= 4 is 11.9 Å².